The van der Waals surface area contributed by atoms with Crippen LogP contribution in [0.4, 0.5) is 5.69 Å². The minimum atomic E-state index is -0.804. The summed E-state index contributed by atoms with van der Waals surface area (Å²) >= 11 is 0. The maximum atomic E-state index is 13.9. The normalized spacial score (nSPS) is 38.1. The lowest BCUT2D eigenvalue weighted by molar-refractivity contribution is -0.228. The van der Waals surface area contributed by atoms with Gasteiger partial charge in [-0.2, -0.15) is 0 Å². The second-order valence-electron chi connectivity index (χ2n) is 14.0. The molecule has 3 fully saturated rings. The first-order valence-electron chi connectivity index (χ1n) is 14.4. The first-order chi connectivity index (χ1) is 17.2. The van der Waals surface area contributed by atoms with Crippen LogP contribution in [0.15, 0.2) is 49.1 Å². The molecule has 2 saturated carbocycles. The molecular formula is C33H47NO3. The van der Waals surface area contributed by atoms with Crippen molar-refractivity contribution in [2.45, 2.75) is 116 Å². The fourth-order valence-electron chi connectivity index (χ4n) is 8.57. The summed E-state index contributed by atoms with van der Waals surface area (Å²) in [5.74, 6) is 0.923. The van der Waals surface area contributed by atoms with Crippen LogP contribution in [0.25, 0.3) is 0 Å². The van der Waals surface area contributed by atoms with E-state index in [9.17, 15) is 9.90 Å². The number of hydrogen-bond acceptors (Lipinski definition) is 3. The minimum Gasteiger partial charge on any atom is -0.388 e. The van der Waals surface area contributed by atoms with Crippen molar-refractivity contribution in [2.75, 3.05) is 4.90 Å². The lowest BCUT2D eigenvalue weighted by Gasteiger charge is -2.62. The smallest absolute Gasteiger partial charge is 0.235 e. The molecule has 2 aliphatic heterocycles. The molecule has 2 aliphatic carbocycles. The second-order valence-corrected chi connectivity index (χ2v) is 14.0. The Labute approximate surface area is 224 Å². The summed E-state index contributed by atoms with van der Waals surface area (Å²) in [5, 5.41) is 10.6. The highest BCUT2D eigenvalue weighted by molar-refractivity contribution is 6.06. The topological polar surface area (TPSA) is 49.8 Å². The van der Waals surface area contributed by atoms with Gasteiger partial charge in [-0.3, -0.25) is 4.79 Å². The molecular weight excluding hydrogens is 458 g/mol. The fraction of sp³-hybridized carbons (Fsp3) is 0.667. The van der Waals surface area contributed by atoms with E-state index in [0.717, 1.165) is 56.2 Å². The summed E-state index contributed by atoms with van der Waals surface area (Å²) in [6, 6.07) is 8.30. The summed E-state index contributed by atoms with van der Waals surface area (Å²) in [6.45, 7) is 21.5. The second kappa shape index (κ2) is 8.81. The quantitative estimate of drug-likeness (QED) is 0.431. The van der Waals surface area contributed by atoms with Gasteiger partial charge in [0.15, 0.2) is 0 Å². The Morgan fingerprint density at radius 1 is 1.11 bits per heavy atom. The number of anilines is 1. The van der Waals surface area contributed by atoms with Crippen molar-refractivity contribution < 1.29 is 14.6 Å². The third-order valence-corrected chi connectivity index (χ3v) is 11.0. The van der Waals surface area contributed by atoms with Crippen molar-refractivity contribution >= 4 is 11.6 Å². The zero-order valence-electron chi connectivity index (χ0n) is 23.8. The van der Waals surface area contributed by atoms with Crippen LogP contribution in [-0.2, 0) is 9.53 Å². The van der Waals surface area contributed by atoms with Crippen molar-refractivity contribution in [3.05, 3.63) is 54.6 Å². The summed E-state index contributed by atoms with van der Waals surface area (Å²) in [5.41, 5.74) is 2.45. The molecule has 37 heavy (non-hydrogen) atoms. The van der Waals surface area contributed by atoms with Crippen LogP contribution in [0, 0.1) is 22.7 Å². The molecule has 0 spiro atoms. The van der Waals surface area contributed by atoms with Crippen LogP contribution < -0.4 is 4.90 Å². The van der Waals surface area contributed by atoms with Crippen LogP contribution in [0.2, 0.25) is 0 Å². The van der Waals surface area contributed by atoms with E-state index in [4.69, 9.17) is 11.3 Å². The zero-order valence-corrected chi connectivity index (χ0v) is 23.8. The Morgan fingerprint density at radius 3 is 2.49 bits per heavy atom. The molecule has 1 saturated heterocycles. The SMILES string of the molecule is C=CC(C)(C)N1C(=O)[C@@H](C[C@@H]2CC[C@H]3[C@]4(C)CC[C@H](C(C)(C)O)O[C@H]4CC[C@]3(C)C2=C)c2ccccc21. The number of carbonyl (C=O) groups is 1. The van der Waals surface area contributed by atoms with E-state index >= 15 is 0 Å². The number of hydrogen-bond donors (Lipinski definition) is 1. The lowest BCUT2D eigenvalue weighted by Crippen LogP contribution is -2.60. The maximum Gasteiger partial charge on any atom is 0.235 e. The number of para-hydroxylation sites is 1. The van der Waals surface area contributed by atoms with Gasteiger partial charge in [0.1, 0.15) is 0 Å². The molecule has 0 radical (unpaired) electrons. The van der Waals surface area contributed by atoms with E-state index in [1.807, 2.05) is 30.9 Å². The van der Waals surface area contributed by atoms with Gasteiger partial charge in [0.05, 0.1) is 29.3 Å². The van der Waals surface area contributed by atoms with Crippen molar-refractivity contribution in [1.29, 1.82) is 0 Å². The van der Waals surface area contributed by atoms with Crippen LogP contribution in [0.3, 0.4) is 0 Å². The molecule has 1 amide bonds. The van der Waals surface area contributed by atoms with Crippen LogP contribution in [0.1, 0.15) is 98.0 Å². The molecule has 2 heterocycles. The summed E-state index contributed by atoms with van der Waals surface area (Å²) in [4.78, 5) is 15.8. The molecule has 4 heteroatoms. The monoisotopic (exact) mass is 505 g/mol. The van der Waals surface area contributed by atoms with Crippen LogP contribution in [-0.4, -0.2) is 34.4 Å². The van der Waals surface area contributed by atoms with E-state index < -0.39 is 11.1 Å². The van der Waals surface area contributed by atoms with E-state index in [-0.39, 0.29) is 34.9 Å². The summed E-state index contributed by atoms with van der Waals surface area (Å²) in [6.07, 6.45) is 9.10. The maximum absolute atomic E-state index is 13.9. The molecule has 0 bridgehead atoms. The highest BCUT2D eigenvalue weighted by Crippen LogP contribution is 2.65. The molecule has 5 rings (SSSR count). The Morgan fingerprint density at radius 2 is 1.81 bits per heavy atom. The molecule has 0 unspecified atom stereocenters. The van der Waals surface area contributed by atoms with Gasteiger partial charge >= 0.3 is 0 Å². The van der Waals surface area contributed by atoms with Gasteiger partial charge in [0, 0.05) is 5.69 Å². The molecule has 0 aromatic heterocycles. The number of benzene rings is 1. The van der Waals surface area contributed by atoms with Crippen molar-refractivity contribution in [3.8, 4) is 0 Å². The van der Waals surface area contributed by atoms with E-state index in [1.54, 1.807) is 0 Å². The average Bonchev–Trinajstić information content (AvgIpc) is 3.12. The molecule has 7 atom stereocenters. The number of nitrogens with zero attached hydrogens (tertiary/aromatic N) is 1. The predicted molar refractivity (Wildman–Crippen MR) is 151 cm³/mol. The van der Waals surface area contributed by atoms with Gasteiger partial charge in [-0.15, -0.1) is 6.58 Å². The highest BCUT2D eigenvalue weighted by atomic mass is 16.5. The van der Waals surface area contributed by atoms with Gasteiger partial charge < -0.3 is 14.7 Å². The highest BCUT2D eigenvalue weighted by Gasteiger charge is 2.60. The largest absolute Gasteiger partial charge is 0.388 e. The third-order valence-electron chi connectivity index (χ3n) is 11.0. The number of ether oxygens (including phenoxy) is 1. The average molecular weight is 506 g/mol. The van der Waals surface area contributed by atoms with Crippen molar-refractivity contribution in [3.63, 3.8) is 0 Å². The Kier molecular flexibility index (Phi) is 6.35. The molecule has 4 nitrogen and oxygen atoms in total. The molecule has 1 N–H and O–H groups in total. The van der Waals surface area contributed by atoms with Crippen LogP contribution >= 0.6 is 0 Å². The molecule has 1 aromatic rings. The predicted octanol–water partition coefficient (Wildman–Crippen LogP) is 7.18. The zero-order chi connectivity index (χ0) is 27.0. The molecule has 4 aliphatic rings. The Balaban J connectivity index is 1.38. The number of amides is 1. The number of fused-ring (bicyclic) bond motifs is 4. The summed E-state index contributed by atoms with van der Waals surface area (Å²) in [7, 11) is 0. The van der Waals surface area contributed by atoms with Gasteiger partial charge in [-0.1, -0.05) is 50.3 Å². The van der Waals surface area contributed by atoms with E-state index in [2.05, 4.69) is 52.5 Å². The molecule has 1 aromatic carbocycles. The fourth-order valence-corrected chi connectivity index (χ4v) is 8.57. The van der Waals surface area contributed by atoms with Gasteiger partial charge in [-0.05, 0) is 107 Å². The number of allylic oxidation sites excluding steroid dienone is 1. The first-order valence-corrected chi connectivity index (χ1v) is 14.4. The van der Waals surface area contributed by atoms with Gasteiger partial charge in [0.2, 0.25) is 5.91 Å². The van der Waals surface area contributed by atoms with Crippen molar-refractivity contribution in [1.82, 2.24) is 0 Å². The number of rotatable bonds is 5. The first kappa shape index (κ1) is 26.7. The lowest BCUT2D eigenvalue weighted by atomic mass is 9.45. The number of aliphatic hydroxyl groups is 1. The standard InChI is InChI=1S/C33H47NO3/c1-9-30(3,4)34-25-13-11-10-12-23(25)24(29(34)35)20-22-14-15-26-32(7,21(22)2)18-17-28-33(26,8)19-16-27(37-28)31(5,6)36/h9-13,22,24,26-28,36H,1-2,14-20H2,3-8H3/t22-,24-,26+,27+,28-,32+,33-/m0/s1. The third kappa shape index (κ3) is 4.05. The summed E-state index contributed by atoms with van der Waals surface area (Å²) < 4.78 is 6.59. The van der Waals surface area contributed by atoms with E-state index in [0.29, 0.717) is 11.8 Å². The van der Waals surface area contributed by atoms with Crippen LogP contribution in [0.5, 0.6) is 0 Å². The van der Waals surface area contributed by atoms with Gasteiger partial charge in [-0.25, -0.2) is 0 Å². The minimum absolute atomic E-state index is 0.0559. The number of carbonyl (C=O) groups excluding carboxylic acids is 1. The molecule has 202 valence electrons. The van der Waals surface area contributed by atoms with E-state index in [1.165, 1.54) is 5.57 Å². The Bertz CT molecular complexity index is 1100. The Hall–Kier alpha value is -1.91. The van der Waals surface area contributed by atoms with Crippen molar-refractivity contribution in [2.24, 2.45) is 22.7 Å². The van der Waals surface area contributed by atoms with Gasteiger partial charge in [0.25, 0.3) is 0 Å².